The number of likely N-dealkylation sites (N-methyl/N-ethyl adjacent to an activating group) is 1. The molecule has 3 nitrogen and oxygen atoms in total. The topological polar surface area (TPSA) is 24.5 Å². The Bertz CT molecular complexity index is 614. The van der Waals surface area contributed by atoms with E-state index in [4.69, 9.17) is 16.3 Å². The lowest BCUT2D eigenvalue weighted by Crippen LogP contribution is -2.31. The second-order valence-electron chi connectivity index (χ2n) is 5.73. The smallest absolute Gasteiger partial charge is 0.124 e. The van der Waals surface area contributed by atoms with Crippen molar-refractivity contribution in [2.45, 2.75) is 27.0 Å². The molecule has 130 valence electrons. The van der Waals surface area contributed by atoms with Crippen molar-refractivity contribution < 1.29 is 4.74 Å². The zero-order valence-electron chi connectivity index (χ0n) is 14.6. The fraction of sp³-hybridized carbons (Fsp3) is 0.400. The lowest BCUT2D eigenvalue weighted by Gasteiger charge is -2.18. The Labute approximate surface area is 150 Å². The van der Waals surface area contributed by atoms with Crippen LogP contribution in [0.2, 0.25) is 5.02 Å². The van der Waals surface area contributed by atoms with Gasteiger partial charge in [0.25, 0.3) is 0 Å². The standard InChI is InChI=1S/C20H27ClN2O/c1-3-23(4-2)13-12-22-15-18-9-5-6-11-20(18)24-16-17-8-7-10-19(21)14-17/h5-11,14,22H,3-4,12-13,15-16H2,1-2H3. The third-order valence-electron chi connectivity index (χ3n) is 4.07. The van der Waals surface area contributed by atoms with Gasteiger partial charge < -0.3 is 15.0 Å². The van der Waals surface area contributed by atoms with Crippen molar-refractivity contribution in [2.75, 3.05) is 26.2 Å². The molecule has 0 saturated carbocycles. The molecule has 0 aliphatic rings. The molecule has 0 amide bonds. The van der Waals surface area contributed by atoms with Crippen LogP contribution in [0.25, 0.3) is 0 Å². The van der Waals surface area contributed by atoms with Gasteiger partial charge in [-0.15, -0.1) is 0 Å². The number of nitrogens with one attached hydrogen (secondary N) is 1. The molecule has 0 spiro atoms. The van der Waals surface area contributed by atoms with Gasteiger partial charge in [0.1, 0.15) is 12.4 Å². The maximum absolute atomic E-state index is 6.02. The van der Waals surface area contributed by atoms with Crippen molar-refractivity contribution in [1.29, 1.82) is 0 Å². The van der Waals surface area contributed by atoms with Gasteiger partial charge in [0.15, 0.2) is 0 Å². The molecule has 2 rings (SSSR count). The monoisotopic (exact) mass is 346 g/mol. The van der Waals surface area contributed by atoms with Crippen LogP contribution in [-0.4, -0.2) is 31.1 Å². The summed E-state index contributed by atoms with van der Waals surface area (Å²) in [6.45, 7) is 9.97. The lowest BCUT2D eigenvalue weighted by molar-refractivity contribution is 0.296. The summed E-state index contributed by atoms with van der Waals surface area (Å²) < 4.78 is 5.99. The molecule has 0 aliphatic heterocycles. The molecule has 0 saturated heterocycles. The van der Waals surface area contributed by atoms with Crippen molar-refractivity contribution in [1.82, 2.24) is 10.2 Å². The highest BCUT2D eigenvalue weighted by atomic mass is 35.5. The largest absolute Gasteiger partial charge is 0.489 e. The average Bonchev–Trinajstić information content (AvgIpc) is 2.61. The molecule has 2 aromatic rings. The first-order valence-corrected chi connectivity index (χ1v) is 8.99. The van der Waals surface area contributed by atoms with E-state index in [9.17, 15) is 0 Å². The summed E-state index contributed by atoms with van der Waals surface area (Å²) in [6.07, 6.45) is 0. The molecular formula is C20H27ClN2O. The molecular weight excluding hydrogens is 320 g/mol. The Morgan fingerprint density at radius 1 is 1.04 bits per heavy atom. The van der Waals surface area contributed by atoms with Gasteiger partial charge >= 0.3 is 0 Å². The molecule has 0 aliphatic carbocycles. The van der Waals surface area contributed by atoms with Crippen LogP contribution in [0.4, 0.5) is 0 Å². The minimum absolute atomic E-state index is 0.525. The zero-order valence-corrected chi connectivity index (χ0v) is 15.4. The SMILES string of the molecule is CCN(CC)CCNCc1ccccc1OCc1cccc(Cl)c1. The third-order valence-corrected chi connectivity index (χ3v) is 4.31. The minimum atomic E-state index is 0.525. The van der Waals surface area contributed by atoms with Crippen LogP contribution in [0.5, 0.6) is 5.75 Å². The van der Waals surface area contributed by atoms with Gasteiger partial charge in [-0.1, -0.05) is 55.8 Å². The molecule has 24 heavy (non-hydrogen) atoms. The lowest BCUT2D eigenvalue weighted by atomic mass is 10.2. The highest BCUT2D eigenvalue weighted by Crippen LogP contribution is 2.20. The van der Waals surface area contributed by atoms with E-state index < -0.39 is 0 Å². The fourth-order valence-electron chi connectivity index (χ4n) is 2.58. The number of para-hydroxylation sites is 1. The predicted molar refractivity (Wildman–Crippen MR) is 102 cm³/mol. The molecule has 0 aromatic heterocycles. The van der Waals surface area contributed by atoms with Crippen LogP contribution in [0.15, 0.2) is 48.5 Å². The van der Waals surface area contributed by atoms with E-state index in [0.717, 1.165) is 49.1 Å². The molecule has 0 atom stereocenters. The molecule has 0 fully saturated rings. The number of nitrogens with zero attached hydrogens (tertiary/aromatic N) is 1. The van der Waals surface area contributed by atoms with Crippen LogP contribution < -0.4 is 10.1 Å². The summed E-state index contributed by atoms with van der Waals surface area (Å²) in [5.41, 5.74) is 2.26. The molecule has 0 unspecified atom stereocenters. The Morgan fingerprint density at radius 3 is 2.58 bits per heavy atom. The Morgan fingerprint density at radius 2 is 1.83 bits per heavy atom. The molecule has 1 N–H and O–H groups in total. The number of ether oxygens (including phenoxy) is 1. The number of benzene rings is 2. The normalized spacial score (nSPS) is 11.0. The van der Waals surface area contributed by atoms with E-state index in [-0.39, 0.29) is 0 Å². The summed E-state index contributed by atoms with van der Waals surface area (Å²) in [7, 11) is 0. The van der Waals surface area contributed by atoms with Crippen molar-refractivity contribution in [3.63, 3.8) is 0 Å². The molecule has 2 aromatic carbocycles. The van der Waals surface area contributed by atoms with E-state index >= 15 is 0 Å². The van der Waals surface area contributed by atoms with Gasteiger partial charge in [0.2, 0.25) is 0 Å². The molecule has 0 radical (unpaired) electrons. The van der Waals surface area contributed by atoms with E-state index in [0.29, 0.717) is 6.61 Å². The van der Waals surface area contributed by atoms with Gasteiger partial charge in [-0.05, 0) is 36.9 Å². The third kappa shape index (κ3) is 6.16. The summed E-state index contributed by atoms with van der Waals surface area (Å²) in [6, 6.07) is 16.0. The first-order chi connectivity index (χ1) is 11.7. The predicted octanol–water partition coefficient (Wildman–Crippen LogP) is 4.35. The van der Waals surface area contributed by atoms with Crippen molar-refractivity contribution in [3.05, 3.63) is 64.7 Å². The van der Waals surface area contributed by atoms with Crippen LogP contribution in [0.3, 0.4) is 0 Å². The number of halogens is 1. The molecule has 0 bridgehead atoms. The highest BCUT2D eigenvalue weighted by Gasteiger charge is 2.04. The summed E-state index contributed by atoms with van der Waals surface area (Å²) in [4.78, 5) is 2.41. The Balaban J connectivity index is 1.85. The summed E-state index contributed by atoms with van der Waals surface area (Å²) in [5.74, 6) is 0.924. The van der Waals surface area contributed by atoms with E-state index in [1.54, 1.807) is 0 Å². The average molecular weight is 347 g/mol. The van der Waals surface area contributed by atoms with Gasteiger partial charge in [-0.2, -0.15) is 0 Å². The van der Waals surface area contributed by atoms with Crippen molar-refractivity contribution >= 4 is 11.6 Å². The highest BCUT2D eigenvalue weighted by molar-refractivity contribution is 6.30. The zero-order chi connectivity index (χ0) is 17.2. The van der Waals surface area contributed by atoms with Crippen LogP contribution >= 0.6 is 11.6 Å². The van der Waals surface area contributed by atoms with Gasteiger partial charge in [-0.25, -0.2) is 0 Å². The first kappa shape index (κ1) is 18.8. The second kappa shape index (κ2) is 10.3. The van der Waals surface area contributed by atoms with Gasteiger partial charge in [0.05, 0.1) is 0 Å². The van der Waals surface area contributed by atoms with E-state index in [1.165, 1.54) is 5.56 Å². The Hall–Kier alpha value is -1.55. The second-order valence-corrected chi connectivity index (χ2v) is 6.17. The van der Waals surface area contributed by atoms with Crippen LogP contribution in [0, 0.1) is 0 Å². The van der Waals surface area contributed by atoms with Crippen molar-refractivity contribution in [3.8, 4) is 5.75 Å². The number of hydrogen-bond donors (Lipinski definition) is 1. The van der Waals surface area contributed by atoms with Gasteiger partial charge in [-0.3, -0.25) is 0 Å². The summed E-state index contributed by atoms with van der Waals surface area (Å²) in [5, 5.41) is 4.24. The number of hydrogen-bond acceptors (Lipinski definition) is 3. The molecule has 4 heteroatoms. The maximum atomic E-state index is 6.02. The fourth-order valence-corrected chi connectivity index (χ4v) is 2.79. The Kier molecular flexibility index (Phi) is 8.10. The van der Waals surface area contributed by atoms with Crippen LogP contribution in [0.1, 0.15) is 25.0 Å². The summed E-state index contributed by atoms with van der Waals surface area (Å²) >= 11 is 6.02. The van der Waals surface area contributed by atoms with Gasteiger partial charge in [0, 0.05) is 30.2 Å². The first-order valence-electron chi connectivity index (χ1n) is 8.61. The van der Waals surface area contributed by atoms with E-state index in [1.807, 2.05) is 42.5 Å². The maximum Gasteiger partial charge on any atom is 0.124 e. The van der Waals surface area contributed by atoms with E-state index in [2.05, 4.69) is 30.1 Å². The van der Waals surface area contributed by atoms with Crippen LogP contribution in [-0.2, 0) is 13.2 Å². The minimum Gasteiger partial charge on any atom is -0.489 e. The van der Waals surface area contributed by atoms with Crippen molar-refractivity contribution in [2.24, 2.45) is 0 Å². The number of rotatable bonds is 10. The quantitative estimate of drug-likeness (QED) is 0.647. The molecule has 0 heterocycles.